The first-order valence-corrected chi connectivity index (χ1v) is 9.70. The van der Waals surface area contributed by atoms with Crippen molar-refractivity contribution in [1.82, 2.24) is 19.7 Å². The third-order valence-corrected chi connectivity index (χ3v) is 4.66. The van der Waals surface area contributed by atoms with E-state index in [1.165, 1.54) is 10.9 Å². The SMILES string of the molecule is O=C(OCI)c1cnn(-c2nc3c(c(=O)[nH]2)CCC3)c1-c1ccccc1. The zero-order valence-electron chi connectivity index (χ0n) is 13.7. The van der Waals surface area contributed by atoms with Crippen molar-refractivity contribution >= 4 is 28.6 Å². The summed E-state index contributed by atoms with van der Waals surface area (Å²) in [6, 6.07) is 9.39. The molecule has 1 aromatic carbocycles. The van der Waals surface area contributed by atoms with Crippen LogP contribution in [0.15, 0.2) is 41.3 Å². The molecule has 0 unspecified atom stereocenters. The number of esters is 1. The van der Waals surface area contributed by atoms with Gasteiger partial charge in [0.1, 0.15) is 10.2 Å². The molecule has 0 atom stereocenters. The fraction of sp³-hybridized carbons (Fsp3) is 0.222. The molecule has 2 aromatic heterocycles. The molecule has 0 saturated heterocycles. The van der Waals surface area contributed by atoms with Crippen LogP contribution in [0.25, 0.3) is 17.2 Å². The Balaban J connectivity index is 1.91. The number of H-pyrrole nitrogens is 1. The summed E-state index contributed by atoms with van der Waals surface area (Å²) in [6.45, 7) is 0. The van der Waals surface area contributed by atoms with E-state index in [0.29, 0.717) is 17.2 Å². The van der Waals surface area contributed by atoms with Crippen LogP contribution < -0.4 is 5.56 Å². The number of fused-ring (bicyclic) bond motifs is 1. The number of aromatic nitrogens is 4. The predicted octanol–water partition coefficient (Wildman–Crippen LogP) is 2.66. The number of halogens is 1. The van der Waals surface area contributed by atoms with Gasteiger partial charge in [-0.05, 0) is 41.9 Å². The van der Waals surface area contributed by atoms with Crippen LogP contribution in [0, 0.1) is 0 Å². The van der Waals surface area contributed by atoms with Gasteiger partial charge in [-0.2, -0.15) is 9.78 Å². The summed E-state index contributed by atoms with van der Waals surface area (Å²) in [6.07, 6.45) is 3.89. The summed E-state index contributed by atoms with van der Waals surface area (Å²) in [5.41, 5.74) is 3.06. The molecular weight excluding hydrogens is 447 g/mol. The average Bonchev–Trinajstić information content (AvgIpc) is 3.29. The molecule has 0 fully saturated rings. The molecule has 1 N–H and O–H groups in total. The summed E-state index contributed by atoms with van der Waals surface area (Å²) >= 11 is 1.97. The minimum atomic E-state index is -0.465. The van der Waals surface area contributed by atoms with Crippen LogP contribution >= 0.6 is 22.6 Å². The van der Waals surface area contributed by atoms with Crippen molar-refractivity contribution in [2.24, 2.45) is 0 Å². The third kappa shape index (κ3) is 2.94. The zero-order valence-corrected chi connectivity index (χ0v) is 15.9. The van der Waals surface area contributed by atoms with E-state index in [1.54, 1.807) is 0 Å². The average molecular weight is 462 g/mol. The second kappa shape index (κ2) is 7.02. The van der Waals surface area contributed by atoms with Gasteiger partial charge in [-0.25, -0.2) is 9.78 Å². The quantitative estimate of drug-likeness (QED) is 0.366. The van der Waals surface area contributed by atoms with Gasteiger partial charge in [0.2, 0.25) is 5.95 Å². The summed E-state index contributed by atoms with van der Waals surface area (Å²) in [4.78, 5) is 32.1. The molecule has 2 heterocycles. The van der Waals surface area contributed by atoms with Crippen molar-refractivity contribution in [2.45, 2.75) is 19.3 Å². The number of alkyl halides is 1. The smallest absolute Gasteiger partial charge is 0.342 e. The molecule has 8 heteroatoms. The lowest BCUT2D eigenvalue weighted by Gasteiger charge is -2.10. The minimum Gasteiger partial charge on any atom is -0.451 e. The highest BCUT2D eigenvalue weighted by atomic mass is 127. The second-order valence-corrected chi connectivity index (χ2v) is 6.52. The Morgan fingerprint density at radius 2 is 2.08 bits per heavy atom. The highest BCUT2D eigenvalue weighted by Crippen LogP contribution is 2.27. The molecule has 0 radical (unpaired) electrons. The third-order valence-electron chi connectivity index (χ3n) is 4.35. The van der Waals surface area contributed by atoms with Crippen LogP contribution in [-0.4, -0.2) is 30.3 Å². The molecule has 4 rings (SSSR count). The van der Waals surface area contributed by atoms with Crippen LogP contribution in [0.5, 0.6) is 0 Å². The van der Waals surface area contributed by atoms with Gasteiger partial charge in [-0.1, -0.05) is 30.3 Å². The number of hydrogen-bond donors (Lipinski definition) is 1. The number of hydrogen-bond acceptors (Lipinski definition) is 5. The van der Waals surface area contributed by atoms with Crippen molar-refractivity contribution in [1.29, 1.82) is 0 Å². The summed E-state index contributed by atoms with van der Waals surface area (Å²) in [5.74, 6) is -0.156. The second-order valence-electron chi connectivity index (χ2n) is 5.89. The molecule has 3 aromatic rings. The molecule has 0 amide bonds. The maximum Gasteiger partial charge on any atom is 0.342 e. The lowest BCUT2D eigenvalue weighted by Crippen LogP contribution is -2.19. The maximum atomic E-state index is 12.4. The summed E-state index contributed by atoms with van der Waals surface area (Å²) in [5, 5.41) is 4.31. The van der Waals surface area contributed by atoms with E-state index in [4.69, 9.17) is 4.74 Å². The topological polar surface area (TPSA) is 89.9 Å². The van der Waals surface area contributed by atoms with Gasteiger partial charge in [0.25, 0.3) is 5.56 Å². The molecular formula is C18H15IN4O3. The molecule has 132 valence electrons. The number of aryl methyl sites for hydroxylation is 1. The van der Waals surface area contributed by atoms with Crippen LogP contribution in [0.2, 0.25) is 0 Å². The standard InChI is InChI=1S/C18H15IN4O3/c19-10-26-17(25)13-9-20-23(15(13)11-5-2-1-3-6-11)18-21-14-8-4-7-12(14)16(24)22-18/h1-3,5-6,9H,4,7-8,10H2,(H,21,22,24). The lowest BCUT2D eigenvalue weighted by atomic mass is 10.1. The normalized spacial score (nSPS) is 12.8. The first kappa shape index (κ1) is 17.0. The van der Waals surface area contributed by atoms with Crippen molar-refractivity contribution in [3.8, 4) is 17.2 Å². The predicted molar refractivity (Wildman–Crippen MR) is 104 cm³/mol. The van der Waals surface area contributed by atoms with E-state index in [0.717, 1.165) is 36.1 Å². The first-order valence-electron chi connectivity index (χ1n) is 8.18. The zero-order chi connectivity index (χ0) is 18.1. The Bertz CT molecular complexity index is 1030. The molecule has 26 heavy (non-hydrogen) atoms. The van der Waals surface area contributed by atoms with Gasteiger partial charge in [0, 0.05) is 11.1 Å². The number of aromatic amines is 1. The highest BCUT2D eigenvalue weighted by molar-refractivity contribution is 14.1. The minimum absolute atomic E-state index is 0.145. The Hall–Kier alpha value is -2.49. The number of benzene rings is 1. The van der Waals surface area contributed by atoms with Crippen LogP contribution in [0.1, 0.15) is 28.0 Å². The van der Waals surface area contributed by atoms with Gasteiger partial charge in [-0.3, -0.25) is 9.78 Å². The van der Waals surface area contributed by atoms with Gasteiger partial charge >= 0.3 is 5.97 Å². The lowest BCUT2D eigenvalue weighted by molar-refractivity contribution is 0.0591. The van der Waals surface area contributed by atoms with Gasteiger partial charge in [0.05, 0.1) is 17.6 Å². The van der Waals surface area contributed by atoms with E-state index in [1.807, 2.05) is 52.9 Å². The summed E-state index contributed by atoms with van der Waals surface area (Å²) in [7, 11) is 0. The van der Waals surface area contributed by atoms with Crippen LogP contribution in [0.4, 0.5) is 0 Å². The summed E-state index contributed by atoms with van der Waals surface area (Å²) < 4.78 is 6.88. The number of nitrogens with one attached hydrogen (secondary N) is 1. The van der Waals surface area contributed by atoms with Gasteiger partial charge < -0.3 is 4.74 Å². The fourth-order valence-electron chi connectivity index (χ4n) is 3.19. The van der Waals surface area contributed by atoms with Crippen molar-refractivity contribution in [3.05, 3.63) is 63.7 Å². The Morgan fingerprint density at radius 3 is 2.85 bits per heavy atom. The Morgan fingerprint density at radius 1 is 1.27 bits per heavy atom. The molecule has 1 aliphatic rings. The number of carbonyl (C=O) groups is 1. The van der Waals surface area contributed by atoms with E-state index in [-0.39, 0.29) is 10.2 Å². The van der Waals surface area contributed by atoms with Crippen molar-refractivity contribution in [3.63, 3.8) is 0 Å². The van der Waals surface area contributed by atoms with E-state index < -0.39 is 5.97 Å². The van der Waals surface area contributed by atoms with Crippen molar-refractivity contribution < 1.29 is 9.53 Å². The Labute approximate surface area is 162 Å². The van der Waals surface area contributed by atoms with Crippen molar-refractivity contribution in [2.75, 3.05) is 4.61 Å². The molecule has 0 aliphatic heterocycles. The van der Waals surface area contributed by atoms with Gasteiger partial charge in [0.15, 0.2) is 0 Å². The monoisotopic (exact) mass is 462 g/mol. The van der Waals surface area contributed by atoms with E-state index in [2.05, 4.69) is 15.1 Å². The molecule has 7 nitrogen and oxygen atoms in total. The first-order chi connectivity index (χ1) is 12.7. The van der Waals surface area contributed by atoms with E-state index in [9.17, 15) is 9.59 Å². The highest BCUT2D eigenvalue weighted by Gasteiger charge is 2.24. The van der Waals surface area contributed by atoms with E-state index >= 15 is 0 Å². The fourth-order valence-corrected chi connectivity index (χ4v) is 3.47. The molecule has 0 bridgehead atoms. The molecule has 0 saturated carbocycles. The number of rotatable bonds is 4. The number of nitrogens with zero attached hydrogens (tertiary/aromatic N) is 3. The molecule has 0 spiro atoms. The van der Waals surface area contributed by atoms with Gasteiger partial charge in [-0.15, -0.1) is 0 Å². The molecule has 1 aliphatic carbocycles. The number of carbonyl (C=O) groups excluding carboxylic acids is 1. The maximum absolute atomic E-state index is 12.4. The van der Waals surface area contributed by atoms with Crippen LogP contribution in [-0.2, 0) is 17.6 Å². The van der Waals surface area contributed by atoms with Crippen LogP contribution in [0.3, 0.4) is 0 Å². The largest absolute Gasteiger partial charge is 0.451 e. The number of ether oxygens (including phenoxy) is 1. The Kier molecular flexibility index (Phi) is 4.58.